The van der Waals surface area contributed by atoms with Crippen LogP contribution in [0.4, 0.5) is 0 Å². The number of para-hydroxylation sites is 2. The van der Waals surface area contributed by atoms with Gasteiger partial charge in [0.15, 0.2) is 5.82 Å². The molecule has 0 saturated carbocycles. The van der Waals surface area contributed by atoms with Crippen LogP contribution in [-0.4, -0.2) is 15.0 Å². The number of aromatic nitrogens is 3. The van der Waals surface area contributed by atoms with Gasteiger partial charge in [0.05, 0.1) is 16.9 Å². The Kier molecular flexibility index (Phi) is 7.78. The number of pyridine rings is 1. The molecule has 12 rings (SSSR count). The fraction of sp³-hybridized carbons (Fsp3) is 0. The van der Waals surface area contributed by atoms with Gasteiger partial charge in [-0.05, 0) is 70.3 Å². The maximum absolute atomic E-state index is 6.74. The van der Waals surface area contributed by atoms with Crippen molar-refractivity contribution in [2.45, 2.75) is 0 Å². The number of hydrogen-bond acceptors (Lipinski definition) is 5. The van der Waals surface area contributed by atoms with Crippen molar-refractivity contribution in [3.8, 4) is 67.3 Å². The molecule has 0 radical (unpaired) electrons. The molecule has 8 aromatic carbocycles. The van der Waals surface area contributed by atoms with Crippen molar-refractivity contribution in [2.75, 3.05) is 0 Å². The maximum Gasteiger partial charge on any atom is 0.160 e. The van der Waals surface area contributed by atoms with Crippen LogP contribution in [0.2, 0.25) is 0 Å². The van der Waals surface area contributed by atoms with Crippen molar-refractivity contribution in [2.24, 2.45) is 0 Å². The van der Waals surface area contributed by atoms with Crippen LogP contribution in [0, 0.1) is 0 Å². The monoisotopic (exact) mass is 767 g/mol. The number of hydrogen-bond donors (Lipinski definition) is 0. The molecule has 280 valence electrons. The van der Waals surface area contributed by atoms with Gasteiger partial charge in [0.2, 0.25) is 0 Å². The van der Waals surface area contributed by atoms with Crippen LogP contribution < -0.4 is 0 Å². The zero-order chi connectivity index (χ0) is 39.6. The zero-order valence-corrected chi connectivity index (χ0v) is 32.2. The Bertz CT molecular complexity index is 3580. The minimum absolute atomic E-state index is 0.668. The summed E-state index contributed by atoms with van der Waals surface area (Å²) in [5.74, 6) is 0.668. The minimum atomic E-state index is 0.668. The summed E-state index contributed by atoms with van der Waals surface area (Å²) in [5, 5.41) is 5.49. The third kappa shape index (κ3) is 5.59. The topological polar surface area (TPSA) is 65.0 Å². The molecule has 0 aliphatic heterocycles. The van der Waals surface area contributed by atoms with Gasteiger partial charge in [-0.3, -0.25) is 4.98 Å². The van der Waals surface area contributed by atoms with E-state index in [1.54, 1.807) is 0 Å². The van der Waals surface area contributed by atoms with E-state index in [0.29, 0.717) is 5.82 Å². The van der Waals surface area contributed by atoms with E-state index < -0.39 is 0 Å². The molecule has 0 bridgehead atoms. The summed E-state index contributed by atoms with van der Waals surface area (Å²) >= 11 is 0. The second-order valence-corrected chi connectivity index (χ2v) is 15.1. The first-order chi connectivity index (χ1) is 29.7. The van der Waals surface area contributed by atoms with E-state index in [9.17, 15) is 0 Å². The Morgan fingerprint density at radius 2 is 0.883 bits per heavy atom. The zero-order valence-electron chi connectivity index (χ0n) is 32.2. The fourth-order valence-electron chi connectivity index (χ4n) is 8.73. The van der Waals surface area contributed by atoms with Crippen molar-refractivity contribution >= 4 is 54.8 Å². The summed E-state index contributed by atoms with van der Waals surface area (Å²) in [6, 6.07) is 67.1. The molecule has 0 unspecified atom stereocenters. The normalized spacial score (nSPS) is 11.7. The summed E-state index contributed by atoms with van der Waals surface area (Å²) in [6.07, 6.45) is 1.83. The van der Waals surface area contributed by atoms with E-state index in [0.717, 1.165) is 116 Å². The van der Waals surface area contributed by atoms with Crippen molar-refractivity contribution in [3.05, 3.63) is 200 Å². The summed E-state index contributed by atoms with van der Waals surface area (Å²) < 4.78 is 13.0. The highest BCUT2D eigenvalue weighted by Gasteiger charge is 2.21. The van der Waals surface area contributed by atoms with E-state index in [2.05, 4.69) is 138 Å². The first-order valence-corrected chi connectivity index (χ1v) is 20.1. The van der Waals surface area contributed by atoms with Gasteiger partial charge in [0.25, 0.3) is 0 Å². The number of furan rings is 2. The van der Waals surface area contributed by atoms with Gasteiger partial charge in [-0.2, -0.15) is 0 Å². The fourth-order valence-corrected chi connectivity index (χ4v) is 8.73. The number of nitrogens with zero attached hydrogens (tertiary/aromatic N) is 3. The third-order valence-electron chi connectivity index (χ3n) is 11.6. The molecule has 0 amide bonds. The van der Waals surface area contributed by atoms with Gasteiger partial charge in [0.1, 0.15) is 22.3 Å². The molecular weight excluding hydrogens is 735 g/mol. The molecule has 60 heavy (non-hydrogen) atoms. The SMILES string of the molecule is c1ccc(-c2cc(-c3ccc(-c4ccc(-c5cccc6oc7ccccc7c56)c5c4oc4ccccc45)cc3)nc(-c3ccc(-c4cccc5ncccc45)cc3)n2)cc1. The molecule has 0 atom stereocenters. The highest BCUT2D eigenvalue weighted by atomic mass is 16.3. The predicted molar refractivity (Wildman–Crippen MR) is 245 cm³/mol. The summed E-state index contributed by atoms with van der Waals surface area (Å²) in [5.41, 5.74) is 15.7. The van der Waals surface area contributed by atoms with Crippen LogP contribution >= 0.6 is 0 Å². The van der Waals surface area contributed by atoms with Gasteiger partial charge in [-0.25, -0.2) is 9.97 Å². The lowest BCUT2D eigenvalue weighted by Crippen LogP contribution is -1.96. The third-order valence-corrected chi connectivity index (χ3v) is 11.6. The van der Waals surface area contributed by atoms with Crippen molar-refractivity contribution in [1.82, 2.24) is 15.0 Å². The van der Waals surface area contributed by atoms with Crippen molar-refractivity contribution in [3.63, 3.8) is 0 Å². The van der Waals surface area contributed by atoms with Crippen LogP contribution in [0.3, 0.4) is 0 Å². The Morgan fingerprint density at radius 1 is 0.333 bits per heavy atom. The van der Waals surface area contributed by atoms with E-state index in [1.807, 2.05) is 66.9 Å². The lowest BCUT2D eigenvalue weighted by molar-refractivity contribution is 0.668. The standard InChI is InChI=1S/C55H33N3O2/c1-2-11-36(12-3-1)47-33-48(58-55(57-47)38-28-24-34(25-29-38)39-15-8-18-46-41(39)17-10-32-56-46)37-26-22-35(23-27-37)40-30-31-43(53-45-14-5-7-20-50(45)60-54(40)53)42-16-9-21-51-52(42)44-13-4-6-19-49(44)59-51/h1-33H. The van der Waals surface area contributed by atoms with Gasteiger partial charge >= 0.3 is 0 Å². The molecule has 5 nitrogen and oxygen atoms in total. The molecule has 0 N–H and O–H groups in total. The van der Waals surface area contributed by atoms with Gasteiger partial charge in [-0.15, -0.1) is 0 Å². The van der Waals surface area contributed by atoms with Gasteiger partial charge < -0.3 is 8.83 Å². The van der Waals surface area contributed by atoms with E-state index in [-0.39, 0.29) is 0 Å². The average molecular weight is 768 g/mol. The molecule has 0 aliphatic rings. The number of benzene rings is 8. The Morgan fingerprint density at radius 3 is 1.67 bits per heavy atom. The molecule has 4 aromatic heterocycles. The molecular formula is C55H33N3O2. The average Bonchev–Trinajstić information content (AvgIpc) is 3.91. The Hall–Kier alpha value is -8.15. The second kappa shape index (κ2) is 13.8. The molecule has 0 saturated heterocycles. The van der Waals surface area contributed by atoms with E-state index in [4.69, 9.17) is 18.8 Å². The molecule has 0 fully saturated rings. The molecule has 4 heterocycles. The highest BCUT2D eigenvalue weighted by Crippen LogP contribution is 2.45. The van der Waals surface area contributed by atoms with E-state index >= 15 is 0 Å². The van der Waals surface area contributed by atoms with Crippen LogP contribution in [-0.2, 0) is 0 Å². The molecule has 0 spiro atoms. The van der Waals surface area contributed by atoms with E-state index in [1.165, 1.54) is 0 Å². The first kappa shape index (κ1) is 33.9. The lowest BCUT2D eigenvalue weighted by Gasteiger charge is -2.12. The first-order valence-electron chi connectivity index (χ1n) is 20.1. The van der Waals surface area contributed by atoms with Crippen LogP contribution in [0.1, 0.15) is 0 Å². The largest absolute Gasteiger partial charge is 0.456 e. The molecule has 0 aliphatic carbocycles. The molecule has 5 heteroatoms. The lowest BCUT2D eigenvalue weighted by atomic mass is 9.92. The summed E-state index contributed by atoms with van der Waals surface area (Å²) in [7, 11) is 0. The smallest absolute Gasteiger partial charge is 0.160 e. The predicted octanol–water partition coefficient (Wildman–Crippen LogP) is 14.8. The van der Waals surface area contributed by atoms with Crippen LogP contribution in [0.15, 0.2) is 209 Å². The van der Waals surface area contributed by atoms with Gasteiger partial charge in [0, 0.05) is 55.4 Å². The highest BCUT2D eigenvalue weighted by molar-refractivity contribution is 6.21. The Labute approximate surface area is 344 Å². The quantitative estimate of drug-likeness (QED) is 0.169. The Balaban J connectivity index is 0.956. The maximum atomic E-state index is 6.74. The van der Waals surface area contributed by atoms with Crippen molar-refractivity contribution < 1.29 is 8.83 Å². The summed E-state index contributed by atoms with van der Waals surface area (Å²) in [6.45, 7) is 0. The van der Waals surface area contributed by atoms with Crippen LogP contribution in [0.25, 0.3) is 122 Å². The van der Waals surface area contributed by atoms with Gasteiger partial charge in [-0.1, -0.05) is 152 Å². The number of fused-ring (bicyclic) bond motifs is 7. The van der Waals surface area contributed by atoms with Crippen LogP contribution in [0.5, 0.6) is 0 Å². The molecule has 12 aromatic rings. The van der Waals surface area contributed by atoms with Crippen molar-refractivity contribution in [1.29, 1.82) is 0 Å². The number of rotatable bonds is 6. The second-order valence-electron chi connectivity index (χ2n) is 15.1. The summed E-state index contributed by atoms with van der Waals surface area (Å²) in [4.78, 5) is 14.8. The minimum Gasteiger partial charge on any atom is -0.456 e.